The van der Waals surface area contributed by atoms with E-state index in [-0.39, 0.29) is 11.7 Å². The molecule has 1 aromatic carbocycles. The summed E-state index contributed by atoms with van der Waals surface area (Å²) in [4.78, 5) is 21.9. The number of halogens is 2. The van der Waals surface area contributed by atoms with Crippen LogP contribution in [0.25, 0.3) is 0 Å². The molecular weight excluding hydrogens is 366 g/mol. The Labute approximate surface area is 135 Å². The Kier molecular flexibility index (Phi) is 8.02. The van der Waals surface area contributed by atoms with Crippen LogP contribution in [0.15, 0.2) is 22.7 Å². The van der Waals surface area contributed by atoms with Crippen LogP contribution in [0.3, 0.4) is 0 Å². The summed E-state index contributed by atoms with van der Waals surface area (Å²) in [5.74, 6) is -0.232. The van der Waals surface area contributed by atoms with Gasteiger partial charge in [-0.05, 0) is 30.2 Å². The predicted molar refractivity (Wildman–Crippen MR) is 85.4 cm³/mol. The topological polar surface area (TPSA) is 66.4 Å². The molecule has 0 bridgehead atoms. The van der Waals surface area contributed by atoms with Gasteiger partial charge in [-0.2, -0.15) is 0 Å². The van der Waals surface area contributed by atoms with Crippen molar-refractivity contribution in [3.8, 4) is 0 Å². The van der Waals surface area contributed by atoms with Crippen molar-refractivity contribution in [1.29, 1.82) is 0 Å². The van der Waals surface area contributed by atoms with E-state index >= 15 is 0 Å². The lowest BCUT2D eigenvalue weighted by molar-refractivity contribution is -0.133. The molecule has 0 saturated heterocycles. The number of hydrogen-bond donors (Lipinski definition) is 2. The van der Waals surface area contributed by atoms with Crippen LogP contribution in [0.5, 0.6) is 0 Å². The van der Waals surface area contributed by atoms with E-state index < -0.39 is 5.97 Å². The number of benzene rings is 1. The van der Waals surface area contributed by atoms with Gasteiger partial charge in [-0.25, -0.2) is 0 Å². The number of aliphatic carboxylic acids is 1. The van der Waals surface area contributed by atoms with Crippen LogP contribution in [0.2, 0.25) is 5.02 Å². The number of thioether (sulfide) groups is 1. The number of carbonyl (C=O) groups excluding carboxylic acids is 1. The number of rotatable bonds is 8. The van der Waals surface area contributed by atoms with Gasteiger partial charge >= 0.3 is 5.97 Å². The third-order valence-corrected chi connectivity index (χ3v) is 4.38. The molecule has 1 aromatic rings. The summed E-state index contributed by atoms with van der Waals surface area (Å²) in [6.07, 6.45) is 0.984. The van der Waals surface area contributed by atoms with Crippen molar-refractivity contribution >= 4 is 51.2 Å². The zero-order valence-electron chi connectivity index (χ0n) is 10.7. The molecule has 1 rings (SSSR count). The SMILES string of the molecule is O=C(O)CSCCNC(=O)CCc1cc(Cl)ccc1Br. The number of carboxylic acid groups (broad SMARTS) is 1. The van der Waals surface area contributed by atoms with Gasteiger partial charge in [0, 0.05) is 28.2 Å². The molecule has 7 heteroatoms. The maximum atomic E-state index is 11.6. The lowest BCUT2D eigenvalue weighted by Crippen LogP contribution is -2.26. The van der Waals surface area contributed by atoms with E-state index in [1.165, 1.54) is 11.8 Å². The minimum absolute atomic E-state index is 0.0483. The second-order valence-electron chi connectivity index (χ2n) is 4.03. The molecule has 0 spiro atoms. The Morgan fingerprint density at radius 2 is 2.15 bits per heavy atom. The van der Waals surface area contributed by atoms with Gasteiger partial charge in [0.05, 0.1) is 5.75 Å². The molecule has 0 aliphatic heterocycles. The minimum atomic E-state index is -0.841. The zero-order valence-corrected chi connectivity index (χ0v) is 13.9. The molecule has 0 aromatic heterocycles. The second-order valence-corrected chi connectivity index (χ2v) is 6.43. The van der Waals surface area contributed by atoms with Crippen LogP contribution in [-0.4, -0.2) is 35.0 Å². The molecule has 0 aliphatic carbocycles. The van der Waals surface area contributed by atoms with Crippen molar-refractivity contribution in [1.82, 2.24) is 5.32 Å². The lowest BCUT2D eigenvalue weighted by Gasteiger charge is -2.06. The fourth-order valence-corrected chi connectivity index (χ4v) is 2.70. The molecule has 4 nitrogen and oxygen atoms in total. The number of amides is 1. The van der Waals surface area contributed by atoms with Gasteiger partial charge < -0.3 is 10.4 Å². The average Bonchev–Trinajstić information content (AvgIpc) is 2.39. The third-order valence-electron chi connectivity index (χ3n) is 2.42. The van der Waals surface area contributed by atoms with Crippen LogP contribution < -0.4 is 5.32 Å². The Balaban J connectivity index is 2.23. The highest BCUT2D eigenvalue weighted by atomic mass is 79.9. The highest BCUT2D eigenvalue weighted by Crippen LogP contribution is 2.22. The van der Waals surface area contributed by atoms with Crippen molar-refractivity contribution in [2.45, 2.75) is 12.8 Å². The minimum Gasteiger partial charge on any atom is -0.481 e. The van der Waals surface area contributed by atoms with Gasteiger partial charge in [-0.3, -0.25) is 9.59 Å². The first-order chi connectivity index (χ1) is 9.49. The summed E-state index contributed by atoms with van der Waals surface area (Å²) in [6, 6.07) is 5.48. The highest BCUT2D eigenvalue weighted by Gasteiger charge is 2.06. The van der Waals surface area contributed by atoms with Gasteiger partial charge in [0.25, 0.3) is 0 Å². The molecule has 0 unspecified atom stereocenters. The van der Waals surface area contributed by atoms with E-state index in [4.69, 9.17) is 16.7 Å². The third kappa shape index (κ3) is 7.17. The largest absolute Gasteiger partial charge is 0.481 e. The summed E-state index contributed by atoms with van der Waals surface area (Å²) in [5.41, 5.74) is 0.993. The first kappa shape index (κ1) is 17.3. The fraction of sp³-hybridized carbons (Fsp3) is 0.385. The summed E-state index contributed by atoms with van der Waals surface area (Å²) in [7, 11) is 0. The van der Waals surface area contributed by atoms with Gasteiger partial charge in [0.1, 0.15) is 0 Å². The van der Waals surface area contributed by atoms with Crippen LogP contribution >= 0.6 is 39.3 Å². The molecule has 0 saturated carbocycles. The molecule has 0 atom stereocenters. The molecular formula is C13H15BrClNO3S. The first-order valence-electron chi connectivity index (χ1n) is 5.99. The van der Waals surface area contributed by atoms with E-state index in [1.54, 1.807) is 6.07 Å². The molecule has 0 heterocycles. The van der Waals surface area contributed by atoms with Crippen LogP contribution in [0.1, 0.15) is 12.0 Å². The molecule has 110 valence electrons. The standard InChI is InChI=1S/C13H15BrClNO3S/c14-11-3-2-10(15)7-9(11)1-4-12(17)16-5-6-20-8-13(18)19/h2-3,7H,1,4-6,8H2,(H,16,17)(H,18,19). The van der Waals surface area contributed by atoms with Crippen molar-refractivity contribution in [3.63, 3.8) is 0 Å². The Morgan fingerprint density at radius 3 is 2.85 bits per heavy atom. The Morgan fingerprint density at radius 1 is 1.40 bits per heavy atom. The quantitative estimate of drug-likeness (QED) is 0.681. The molecule has 2 N–H and O–H groups in total. The number of nitrogens with one attached hydrogen (secondary N) is 1. The summed E-state index contributed by atoms with van der Waals surface area (Å²) < 4.78 is 0.937. The van der Waals surface area contributed by atoms with Gasteiger partial charge in [-0.1, -0.05) is 27.5 Å². The first-order valence-corrected chi connectivity index (χ1v) is 8.32. The van der Waals surface area contributed by atoms with Crippen LogP contribution in [0, 0.1) is 0 Å². The number of carboxylic acids is 1. The van der Waals surface area contributed by atoms with Gasteiger partial charge in [0.15, 0.2) is 0 Å². The van der Waals surface area contributed by atoms with Crippen molar-refractivity contribution in [2.75, 3.05) is 18.1 Å². The molecule has 0 fully saturated rings. The highest BCUT2D eigenvalue weighted by molar-refractivity contribution is 9.10. The molecule has 0 radical (unpaired) electrons. The van der Waals surface area contributed by atoms with E-state index in [9.17, 15) is 9.59 Å². The number of aryl methyl sites for hydroxylation is 1. The van der Waals surface area contributed by atoms with E-state index in [2.05, 4.69) is 21.2 Å². The van der Waals surface area contributed by atoms with E-state index in [0.29, 0.717) is 30.2 Å². The van der Waals surface area contributed by atoms with Crippen molar-refractivity contribution in [2.24, 2.45) is 0 Å². The van der Waals surface area contributed by atoms with E-state index in [1.807, 2.05) is 12.1 Å². The Bertz CT molecular complexity index is 485. The molecule has 20 heavy (non-hydrogen) atoms. The van der Waals surface area contributed by atoms with Crippen molar-refractivity contribution < 1.29 is 14.7 Å². The maximum absolute atomic E-state index is 11.6. The maximum Gasteiger partial charge on any atom is 0.313 e. The van der Waals surface area contributed by atoms with Crippen LogP contribution in [0.4, 0.5) is 0 Å². The Hall–Kier alpha value is -0.720. The fourth-order valence-electron chi connectivity index (χ4n) is 1.49. The van der Waals surface area contributed by atoms with Gasteiger partial charge in [0.2, 0.25) is 5.91 Å². The zero-order chi connectivity index (χ0) is 15.0. The number of carbonyl (C=O) groups is 2. The summed E-state index contributed by atoms with van der Waals surface area (Å²) in [5, 5.41) is 11.9. The van der Waals surface area contributed by atoms with Crippen LogP contribution in [-0.2, 0) is 16.0 Å². The number of hydrogen-bond acceptors (Lipinski definition) is 3. The molecule has 1 amide bonds. The monoisotopic (exact) mass is 379 g/mol. The average molecular weight is 381 g/mol. The lowest BCUT2D eigenvalue weighted by atomic mass is 10.1. The predicted octanol–water partition coefficient (Wildman–Crippen LogP) is 2.97. The summed E-state index contributed by atoms with van der Waals surface area (Å²) >= 11 is 10.6. The smallest absolute Gasteiger partial charge is 0.313 e. The normalized spacial score (nSPS) is 10.3. The second kappa shape index (κ2) is 9.26. The van der Waals surface area contributed by atoms with Gasteiger partial charge in [-0.15, -0.1) is 11.8 Å². The molecule has 0 aliphatic rings. The summed E-state index contributed by atoms with van der Waals surface area (Å²) in [6.45, 7) is 0.480. The van der Waals surface area contributed by atoms with Crippen molar-refractivity contribution in [3.05, 3.63) is 33.3 Å². The van der Waals surface area contributed by atoms with E-state index in [0.717, 1.165) is 10.0 Å².